The van der Waals surface area contributed by atoms with Crippen molar-refractivity contribution in [3.63, 3.8) is 0 Å². The Balaban J connectivity index is 1.45. The zero-order valence-electron chi connectivity index (χ0n) is 17.3. The molecule has 2 aromatic carbocycles. The molecule has 4 rings (SSSR count). The van der Waals surface area contributed by atoms with Crippen LogP contribution in [0.5, 0.6) is 11.5 Å². The number of hydrogen-bond donors (Lipinski definition) is 1. The Morgan fingerprint density at radius 1 is 1.03 bits per heavy atom. The van der Waals surface area contributed by atoms with Crippen LogP contribution < -0.4 is 19.7 Å². The van der Waals surface area contributed by atoms with E-state index in [9.17, 15) is 9.59 Å². The minimum absolute atomic E-state index is 0.0739. The van der Waals surface area contributed by atoms with Crippen LogP contribution >= 0.6 is 11.3 Å². The fourth-order valence-corrected chi connectivity index (χ4v) is 4.12. The van der Waals surface area contributed by atoms with Crippen molar-refractivity contribution in [3.8, 4) is 11.5 Å². The highest BCUT2D eigenvalue weighted by molar-refractivity contribution is 7.09. The Bertz CT molecular complexity index is 1070. The summed E-state index contributed by atoms with van der Waals surface area (Å²) < 4.78 is 11.3. The molecule has 1 aliphatic heterocycles. The molecule has 1 N–H and O–H groups in total. The van der Waals surface area contributed by atoms with Gasteiger partial charge in [0.05, 0.1) is 6.54 Å². The molecule has 0 unspecified atom stereocenters. The second kappa shape index (κ2) is 9.66. The lowest BCUT2D eigenvalue weighted by Crippen LogP contribution is -2.34. The number of aryl methyl sites for hydroxylation is 1. The van der Waals surface area contributed by atoms with Crippen LogP contribution in [-0.4, -0.2) is 31.6 Å². The van der Waals surface area contributed by atoms with Gasteiger partial charge in [-0.3, -0.25) is 9.59 Å². The first-order valence-electron chi connectivity index (χ1n) is 10.2. The number of thiophene rings is 1. The molecule has 0 radical (unpaired) electrons. The van der Waals surface area contributed by atoms with Crippen LogP contribution in [0.4, 0.5) is 5.69 Å². The van der Waals surface area contributed by atoms with Crippen molar-refractivity contribution in [1.29, 1.82) is 0 Å². The quantitative estimate of drug-likeness (QED) is 0.603. The molecule has 3 aromatic rings. The fraction of sp³-hybridized carbons (Fsp3) is 0.250. The van der Waals surface area contributed by atoms with E-state index in [2.05, 4.69) is 5.32 Å². The van der Waals surface area contributed by atoms with Crippen molar-refractivity contribution in [2.24, 2.45) is 0 Å². The Labute approximate surface area is 185 Å². The number of benzene rings is 2. The predicted molar refractivity (Wildman–Crippen MR) is 121 cm³/mol. The van der Waals surface area contributed by atoms with Gasteiger partial charge in [0, 0.05) is 35.2 Å². The molecule has 0 spiro atoms. The van der Waals surface area contributed by atoms with Crippen molar-refractivity contribution in [1.82, 2.24) is 5.32 Å². The van der Waals surface area contributed by atoms with E-state index in [0.29, 0.717) is 36.8 Å². The van der Waals surface area contributed by atoms with Crippen molar-refractivity contribution in [2.75, 3.05) is 24.7 Å². The van der Waals surface area contributed by atoms with Gasteiger partial charge in [0.1, 0.15) is 13.2 Å². The summed E-state index contributed by atoms with van der Waals surface area (Å²) in [6, 6.07) is 16.9. The summed E-state index contributed by atoms with van der Waals surface area (Å²) in [5, 5.41) is 4.85. The highest BCUT2D eigenvalue weighted by atomic mass is 32.1. The van der Waals surface area contributed by atoms with E-state index in [1.807, 2.05) is 60.8 Å². The summed E-state index contributed by atoms with van der Waals surface area (Å²) in [5.74, 6) is 1.08. The lowest BCUT2D eigenvalue weighted by Gasteiger charge is -2.25. The first-order chi connectivity index (χ1) is 15.1. The van der Waals surface area contributed by atoms with Gasteiger partial charge in [0.25, 0.3) is 5.91 Å². The summed E-state index contributed by atoms with van der Waals surface area (Å²) in [6.07, 6.45) is 0.192. The van der Waals surface area contributed by atoms with Crippen LogP contribution in [0.2, 0.25) is 0 Å². The molecule has 1 aliphatic rings. The molecule has 6 nitrogen and oxygen atoms in total. The monoisotopic (exact) mass is 436 g/mol. The third-order valence-corrected chi connectivity index (χ3v) is 5.91. The van der Waals surface area contributed by atoms with Crippen LogP contribution in [0.25, 0.3) is 0 Å². The van der Waals surface area contributed by atoms with E-state index in [1.54, 1.807) is 22.3 Å². The molecule has 160 valence electrons. The highest BCUT2D eigenvalue weighted by Gasteiger charge is 2.20. The lowest BCUT2D eigenvalue weighted by molar-refractivity contribution is -0.118. The molecule has 1 aromatic heterocycles. The van der Waals surface area contributed by atoms with Crippen LogP contribution in [0.15, 0.2) is 60.0 Å². The van der Waals surface area contributed by atoms with Gasteiger partial charge in [-0.1, -0.05) is 24.3 Å². The minimum atomic E-state index is -0.171. The van der Waals surface area contributed by atoms with Crippen molar-refractivity contribution >= 4 is 28.8 Å². The van der Waals surface area contributed by atoms with Crippen LogP contribution in [-0.2, 0) is 11.3 Å². The van der Waals surface area contributed by atoms with Crippen molar-refractivity contribution in [3.05, 3.63) is 76.0 Å². The second-order valence-electron chi connectivity index (χ2n) is 7.21. The van der Waals surface area contributed by atoms with Gasteiger partial charge in [0.15, 0.2) is 11.5 Å². The normalized spacial score (nSPS) is 12.3. The number of nitrogens with one attached hydrogen (secondary N) is 1. The van der Waals surface area contributed by atoms with E-state index in [0.717, 1.165) is 16.1 Å². The fourth-order valence-electron chi connectivity index (χ4n) is 3.42. The van der Waals surface area contributed by atoms with Crippen molar-refractivity contribution < 1.29 is 19.1 Å². The Morgan fingerprint density at radius 2 is 1.84 bits per heavy atom. The summed E-state index contributed by atoms with van der Waals surface area (Å²) in [5.41, 5.74) is 2.27. The number of rotatable bonds is 7. The van der Waals surface area contributed by atoms with Gasteiger partial charge in [-0.15, -0.1) is 11.3 Å². The third-order valence-electron chi connectivity index (χ3n) is 5.05. The summed E-state index contributed by atoms with van der Waals surface area (Å²) in [7, 11) is 0. The maximum atomic E-state index is 13.1. The largest absolute Gasteiger partial charge is 0.486 e. The Kier molecular flexibility index (Phi) is 6.52. The first kappa shape index (κ1) is 20.9. The smallest absolute Gasteiger partial charge is 0.251 e. The van der Waals surface area contributed by atoms with E-state index in [1.165, 1.54) is 0 Å². The molecule has 0 aliphatic carbocycles. The Hall–Kier alpha value is -3.32. The molecule has 7 heteroatoms. The minimum Gasteiger partial charge on any atom is -0.486 e. The highest BCUT2D eigenvalue weighted by Crippen LogP contribution is 2.35. The first-order valence-corrected chi connectivity index (χ1v) is 11.1. The van der Waals surface area contributed by atoms with E-state index in [4.69, 9.17) is 9.47 Å². The average molecular weight is 437 g/mol. The molecular formula is C24H24N2O4S. The zero-order valence-corrected chi connectivity index (χ0v) is 18.1. The number of anilines is 1. The van der Waals surface area contributed by atoms with Crippen molar-refractivity contribution in [2.45, 2.75) is 19.9 Å². The average Bonchev–Trinajstić information content (AvgIpc) is 3.30. The summed E-state index contributed by atoms with van der Waals surface area (Å²) >= 11 is 1.60. The lowest BCUT2D eigenvalue weighted by atomic mass is 10.1. The van der Waals surface area contributed by atoms with Crippen LogP contribution in [0.1, 0.15) is 27.2 Å². The molecule has 2 amide bonds. The number of hydrogen-bond acceptors (Lipinski definition) is 5. The third kappa shape index (κ3) is 5.06. The maximum absolute atomic E-state index is 13.1. The van der Waals surface area contributed by atoms with E-state index < -0.39 is 0 Å². The maximum Gasteiger partial charge on any atom is 0.251 e. The molecule has 2 heterocycles. The molecule has 0 saturated carbocycles. The zero-order chi connectivity index (χ0) is 21.6. The predicted octanol–water partition coefficient (Wildman–Crippen LogP) is 4.18. The number of carbonyl (C=O) groups is 2. The summed E-state index contributed by atoms with van der Waals surface area (Å²) in [4.78, 5) is 28.4. The topological polar surface area (TPSA) is 67.9 Å². The van der Waals surface area contributed by atoms with E-state index >= 15 is 0 Å². The van der Waals surface area contributed by atoms with E-state index in [-0.39, 0.29) is 24.8 Å². The SMILES string of the molecule is Cc1ccccc1C(=O)NCCC(=O)N(Cc1cccs1)c1ccc2c(c1)OCCO2. The van der Waals surface area contributed by atoms with Gasteiger partial charge in [-0.25, -0.2) is 0 Å². The number of carbonyl (C=O) groups excluding carboxylic acids is 2. The molecule has 0 fully saturated rings. The summed E-state index contributed by atoms with van der Waals surface area (Å²) in [6.45, 7) is 3.62. The standard InChI is InChI=1S/C24H24N2O4S/c1-17-5-2-3-7-20(17)24(28)25-11-10-23(27)26(16-19-6-4-14-31-19)18-8-9-21-22(15-18)30-13-12-29-21/h2-9,14-15H,10-13,16H2,1H3,(H,25,28). The van der Waals surface area contributed by atoms with Gasteiger partial charge >= 0.3 is 0 Å². The number of fused-ring (bicyclic) bond motifs is 1. The molecule has 0 bridgehead atoms. The van der Waals surface area contributed by atoms with Crippen LogP contribution in [0, 0.1) is 6.92 Å². The number of amides is 2. The van der Waals surface area contributed by atoms with Gasteiger partial charge in [-0.2, -0.15) is 0 Å². The molecule has 0 saturated heterocycles. The Morgan fingerprint density at radius 3 is 2.61 bits per heavy atom. The van der Waals surface area contributed by atoms with Crippen LogP contribution in [0.3, 0.4) is 0 Å². The van der Waals surface area contributed by atoms with Gasteiger partial charge in [0.2, 0.25) is 5.91 Å². The second-order valence-corrected chi connectivity index (χ2v) is 8.24. The van der Waals surface area contributed by atoms with Gasteiger partial charge in [-0.05, 0) is 42.1 Å². The molecule has 31 heavy (non-hydrogen) atoms. The number of nitrogens with zero attached hydrogens (tertiary/aromatic N) is 1. The molecule has 0 atom stereocenters. The number of ether oxygens (including phenoxy) is 2. The van der Waals surface area contributed by atoms with Gasteiger partial charge < -0.3 is 19.7 Å². The molecular weight excluding hydrogens is 412 g/mol.